The van der Waals surface area contributed by atoms with Gasteiger partial charge in [0, 0.05) is 37.8 Å². The monoisotopic (exact) mass is 398 g/mol. The number of likely N-dealkylation sites (tertiary alicyclic amines) is 1. The van der Waals surface area contributed by atoms with Gasteiger partial charge in [0.2, 0.25) is 0 Å². The van der Waals surface area contributed by atoms with Gasteiger partial charge in [0.1, 0.15) is 5.82 Å². The summed E-state index contributed by atoms with van der Waals surface area (Å²) in [5.74, 6) is 1.06. The summed E-state index contributed by atoms with van der Waals surface area (Å²) in [6.07, 6.45) is 2.97. The summed E-state index contributed by atoms with van der Waals surface area (Å²) < 4.78 is 24.4. The second-order valence-corrected chi connectivity index (χ2v) is 7.75. The highest BCUT2D eigenvalue weighted by Crippen LogP contribution is 2.34. The number of methoxy groups -OCH3 is 2. The van der Waals surface area contributed by atoms with Gasteiger partial charge in [-0.2, -0.15) is 0 Å². The van der Waals surface area contributed by atoms with E-state index in [1.165, 1.54) is 23.3 Å². The lowest BCUT2D eigenvalue weighted by atomic mass is 9.95. The van der Waals surface area contributed by atoms with E-state index in [2.05, 4.69) is 17.0 Å². The number of amides is 1. The molecule has 2 aromatic rings. The summed E-state index contributed by atoms with van der Waals surface area (Å²) in [7, 11) is 3.31. The molecule has 0 saturated carbocycles. The molecule has 1 atom stereocenters. The van der Waals surface area contributed by atoms with Crippen LogP contribution in [0.4, 0.5) is 4.39 Å². The number of hydrogen-bond donors (Lipinski definition) is 0. The summed E-state index contributed by atoms with van der Waals surface area (Å²) in [4.78, 5) is 17.2. The van der Waals surface area contributed by atoms with Crippen LogP contribution in [-0.4, -0.2) is 55.6 Å². The van der Waals surface area contributed by atoms with E-state index in [4.69, 9.17) is 9.47 Å². The number of ether oxygens (including phenoxy) is 2. The molecule has 1 fully saturated rings. The van der Waals surface area contributed by atoms with Gasteiger partial charge in [-0.3, -0.25) is 9.69 Å². The second-order valence-electron chi connectivity index (χ2n) is 7.75. The van der Waals surface area contributed by atoms with Crippen LogP contribution >= 0.6 is 0 Å². The molecule has 4 rings (SSSR count). The fraction of sp³-hybridized carbons (Fsp3) is 0.435. The number of fused-ring (bicyclic) bond motifs is 1. The molecule has 2 aliphatic rings. The molecule has 0 radical (unpaired) electrons. The van der Waals surface area contributed by atoms with E-state index in [1.807, 2.05) is 4.90 Å². The van der Waals surface area contributed by atoms with Crippen LogP contribution in [0.2, 0.25) is 0 Å². The highest BCUT2D eigenvalue weighted by molar-refractivity contribution is 5.94. The average Bonchev–Trinajstić information content (AvgIpc) is 2.77. The molecule has 2 aliphatic heterocycles. The summed E-state index contributed by atoms with van der Waals surface area (Å²) in [6, 6.07) is 10.4. The Morgan fingerprint density at radius 1 is 1.07 bits per heavy atom. The Kier molecular flexibility index (Phi) is 5.72. The van der Waals surface area contributed by atoms with E-state index in [9.17, 15) is 9.18 Å². The Morgan fingerprint density at radius 3 is 2.55 bits per heavy atom. The fourth-order valence-electron chi connectivity index (χ4n) is 4.46. The van der Waals surface area contributed by atoms with Crippen molar-refractivity contribution in [3.05, 3.63) is 58.9 Å². The minimum atomic E-state index is -0.374. The topological polar surface area (TPSA) is 42.0 Å². The van der Waals surface area contributed by atoms with Crippen molar-refractivity contribution in [1.29, 1.82) is 0 Å². The van der Waals surface area contributed by atoms with Crippen LogP contribution in [0.5, 0.6) is 11.5 Å². The Morgan fingerprint density at radius 2 is 1.83 bits per heavy atom. The number of rotatable bonds is 4. The number of piperidine rings is 1. The predicted octanol–water partition coefficient (Wildman–Crippen LogP) is 3.51. The standard InChI is InChI=1S/C23H27FN2O3/c1-28-21-12-16-8-10-25(14-18(16)13-22(21)29-2)20-7-4-9-26(15-20)23(27)17-5-3-6-19(24)11-17/h3,5-6,11-13,20H,4,7-10,14-15H2,1-2H3. The summed E-state index contributed by atoms with van der Waals surface area (Å²) in [5.41, 5.74) is 2.97. The van der Waals surface area contributed by atoms with Crippen molar-refractivity contribution >= 4 is 5.91 Å². The van der Waals surface area contributed by atoms with Gasteiger partial charge in [-0.15, -0.1) is 0 Å². The molecule has 0 bridgehead atoms. The highest BCUT2D eigenvalue weighted by Gasteiger charge is 2.31. The molecule has 1 saturated heterocycles. The van der Waals surface area contributed by atoms with Gasteiger partial charge < -0.3 is 14.4 Å². The van der Waals surface area contributed by atoms with Crippen molar-refractivity contribution < 1.29 is 18.7 Å². The minimum absolute atomic E-state index is 0.0852. The molecule has 0 N–H and O–H groups in total. The summed E-state index contributed by atoms with van der Waals surface area (Å²) in [6.45, 7) is 3.19. The first kappa shape index (κ1) is 19.7. The van der Waals surface area contributed by atoms with E-state index in [1.54, 1.807) is 26.4 Å². The fourth-order valence-corrected chi connectivity index (χ4v) is 4.46. The van der Waals surface area contributed by atoms with Crippen molar-refractivity contribution in [3.8, 4) is 11.5 Å². The first-order valence-electron chi connectivity index (χ1n) is 10.1. The first-order valence-corrected chi connectivity index (χ1v) is 10.1. The van der Waals surface area contributed by atoms with Crippen LogP contribution in [-0.2, 0) is 13.0 Å². The van der Waals surface area contributed by atoms with Crippen LogP contribution in [0.1, 0.15) is 34.3 Å². The molecule has 0 spiro atoms. The molecule has 0 aliphatic carbocycles. The molecule has 5 nitrogen and oxygen atoms in total. The van der Waals surface area contributed by atoms with Gasteiger partial charge in [0.25, 0.3) is 5.91 Å². The molecule has 0 aromatic heterocycles. The molecule has 1 unspecified atom stereocenters. The van der Waals surface area contributed by atoms with Gasteiger partial charge in [0.05, 0.1) is 14.2 Å². The van der Waals surface area contributed by atoms with E-state index >= 15 is 0 Å². The van der Waals surface area contributed by atoms with Crippen LogP contribution in [0, 0.1) is 5.82 Å². The minimum Gasteiger partial charge on any atom is -0.493 e. The number of carbonyl (C=O) groups excluding carboxylic acids is 1. The largest absolute Gasteiger partial charge is 0.493 e. The van der Waals surface area contributed by atoms with Crippen molar-refractivity contribution in [2.75, 3.05) is 33.9 Å². The van der Waals surface area contributed by atoms with Gasteiger partial charge in [0.15, 0.2) is 11.5 Å². The smallest absolute Gasteiger partial charge is 0.254 e. The Bertz CT molecular complexity index is 902. The molecule has 29 heavy (non-hydrogen) atoms. The van der Waals surface area contributed by atoms with Crippen LogP contribution in [0.25, 0.3) is 0 Å². The third kappa shape index (κ3) is 4.08. The lowest BCUT2D eigenvalue weighted by molar-refractivity contribution is 0.0548. The molecular formula is C23H27FN2O3. The van der Waals surface area contributed by atoms with Gasteiger partial charge >= 0.3 is 0 Å². The second kappa shape index (κ2) is 8.41. The zero-order valence-corrected chi connectivity index (χ0v) is 17.0. The Balaban J connectivity index is 1.47. The van der Waals surface area contributed by atoms with Crippen LogP contribution < -0.4 is 9.47 Å². The zero-order valence-electron chi connectivity index (χ0n) is 17.0. The van der Waals surface area contributed by atoms with Gasteiger partial charge in [-0.25, -0.2) is 4.39 Å². The molecule has 6 heteroatoms. The molecule has 154 valence electrons. The van der Waals surface area contributed by atoms with Crippen molar-refractivity contribution in [2.45, 2.75) is 31.8 Å². The van der Waals surface area contributed by atoms with Gasteiger partial charge in [-0.1, -0.05) is 6.07 Å². The lowest BCUT2D eigenvalue weighted by Gasteiger charge is -2.41. The molecular weight excluding hydrogens is 371 g/mol. The SMILES string of the molecule is COc1cc2c(cc1OC)CN(C1CCCN(C(=O)c3cccc(F)c3)C1)CC2. The number of benzene rings is 2. The number of carbonyl (C=O) groups is 1. The van der Waals surface area contributed by atoms with E-state index in [0.717, 1.165) is 50.4 Å². The van der Waals surface area contributed by atoms with Crippen molar-refractivity contribution in [3.63, 3.8) is 0 Å². The maximum Gasteiger partial charge on any atom is 0.254 e. The Labute approximate surface area is 171 Å². The maximum atomic E-state index is 13.5. The van der Waals surface area contributed by atoms with Crippen molar-refractivity contribution in [2.24, 2.45) is 0 Å². The molecule has 2 aromatic carbocycles. The number of hydrogen-bond acceptors (Lipinski definition) is 4. The highest BCUT2D eigenvalue weighted by atomic mass is 19.1. The lowest BCUT2D eigenvalue weighted by Crippen LogP contribution is -2.51. The molecule has 1 amide bonds. The van der Waals surface area contributed by atoms with E-state index in [-0.39, 0.29) is 11.7 Å². The Hall–Kier alpha value is -2.60. The quantitative estimate of drug-likeness (QED) is 0.791. The van der Waals surface area contributed by atoms with E-state index < -0.39 is 0 Å². The maximum absolute atomic E-state index is 13.5. The van der Waals surface area contributed by atoms with Crippen LogP contribution in [0.3, 0.4) is 0 Å². The third-order valence-electron chi connectivity index (χ3n) is 6.02. The van der Waals surface area contributed by atoms with Gasteiger partial charge in [-0.05, 0) is 60.7 Å². The first-order chi connectivity index (χ1) is 14.1. The zero-order chi connectivity index (χ0) is 20.4. The number of nitrogens with zero attached hydrogens (tertiary/aromatic N) is 2. The van der Waals surface area contributed by atoms with Crippen LogP contribution in [0.15, 0.2) is 36.4 Å². The number of halogens is 1. The normalized spacial score (nSPS) is 19.6. The average molecular weight is 398 g/mol. The third-order valence-corrected chi connectivity index (χ3v) is 6.02. The van der Waals surface area contributed by atoms with Crippen molar-refractivity contribution in [1.82, 2.24) is 9.80 Å². The summed E-state index contributed by atoms with van der Waals surface area (Å²) in [5, 5.41) is 0. The molecule has 2 heterocycles. The predicted molar refractivity (Wildman–Crippen MR) is 109 cm³/mol. The summed E-state index contributed by atoms with van der Waals surface area (Å²) >= 11 is 0. The van der Waals surface area contributed by atoms with E-state index in [0.29, 0.717) is 18.2 Å².